The molecule has 0 amide bonds. The zero-order valence-electron chi connectivity index (χ0n) is 9.52. The van der Waals surface area contributed by atoms with Crippen LogP contribution in [-0.4, -0.2) is 11.5 Å². The summed E-state index contributed by atoms with van der Waals surface area (Å²) in [4.78, 5) is 5.69. The molecule has 3 aromatic rings. The number of anilines is 1. The molecule has 0 saturated carbocycles. The molecule has 0 atom stereocenters. The standard InChI is InChI=1S/C13H11BrN2OS/c14-12-2-1-9(18-12)3-6-15-13-10-5-8-17-11(10)4-7-16-13/h1-2,4-5,7-8H,3,6H2,(H,15,16). The number of thiophene rings is 1. The molecule has 18 heavy (non-hydrogen) atoms. The van der Waals surface area contributed by atoms with Crippen molar-refractivity contribution >= 4 is 44.1 Å². The lowest BCUT2D eigenvalue weighted by Gasteiger charge is -2.04. The highest BCUT2D eigenvalue weighted by Gasteiger charge is 2.04. The summed E-state index contributed by atoms with van der Waals surface area (Å²) in [7, 11) is 0. The molecule has 3 aromatic heterocycles. The first kappa shape index (κ1) is 11.7. The van der Waals surface area contributed by atoms with Gasteiger partial charge in [0.2, 0.25) is 0 Å². The largest absolute Gasteiger partial charge is 0.464 e. The Kier molecular flexibility index (Phi) is 3.34. The summed E-state index contributed by atoms with van der Waals surface area (Å²) in [6, 6.07) is 8.03. The number of pyridine rings is 1. The van der Waals surface area contributed by atoms with E-state index in [1.165, 1.54) is 8.66 Å². The van der Waals surface area contributed by atoms with E-state index in [1.54, 1.807) is 23.8 Å². The van der Waals surface area contributed by atoms with Gasteiger partial charge in [0.15, 0.2) is 0 Å². The molecule has 0 fully saturated rings. The van der Waals surface area contributed by atoms with Crippen molar-refractivity contribution in [3.63, 3.8) is 0 Å². The van der Waals surface area contributed by atoms with Crippen LogP contribution in [-0.2, 0) is 6.42 Å². The molecule has 5 heteroatoms. The van der Waals surface area contributed by atoms with Crippen LogP contribution in [0.2, 0.25) is 0 Å². The van der Waals surface area contributed by atoms with Crippen LogP contribution >= 0.6 is 27.3 Å². The quantitative estimate of drug-likeness (QED) is 0.778. The molecular weight excluding hydrogens is 312 g/mol. The minimum Gasteiger partial charge on any atom is -0.464 e. The SMILES string of the molecule is Brc1ccc(CCNc2nccc3occc23)s1. The van der Waals surface area contributed by atoms with E-state index in [9.17, 15) is 0 Å². The maximum absolute atomic E-state index is 5.34. The average Bonchev–Trinajstić information content (AvgIpc) is 2.98. The number of nitrogens with zero attached hydrogens (tertiary/aromatic N) is 1. The van der Waals surface area contributed by atoms with E-state index in [2.05, 4.69) is 38.4 Å². The van der Waals surface area contributed by atoms with Crippen LogP contribution in [0, 0.1) is 0 Å². The van der Waals surface area contributed by atoms with E-state index < -0.39 is 0 Å². The first-order chi connectivity index (χ1) is 8.83. The predicted octanol–water partition coefficient (Wildman–Crippen LogP) is 4.31. The van der Waals surface area contributed by atoms with Crippen LogP contribution in [0.25, 0.3) is 11.0 Å². The third-order valence-corrected chi connectivity index (χ3v) is 4.36. The summed E-state index contributed by atoms with van der Waals surface area (Å²) in [5, 5.41) is 4.38. The molecule has 0 aliphatic rings. The van der Waals surface area contributed by atoms with E-state index in [0.717, 1.165) is 29.8 Å². The van der Waals surface area contributed by atoms with Gasteiger partial charge in [0.05, 0.1) is 15.4 Å². The second-order valence-corrected chi connectivity index (χ2v) is 6.42. The van der Waals surface area contributed by atoms with E-state index >= 15 is 0 Å². The summed E-state index contributed by atoms with van der Waals surface area (Å²) in [6.45, 7) is 0.865. The number of furan rings is 1. The zero-order chi connectivity index (χ0) is 12.4. The molecule has 0 aliphatic heterocycles. The fourth-order valence-electron chi connectivity index (χ4n) is 1.83. The molecule has 92 valence electrons. The minimum absolute atomic E-state index is 0.865. The molecule has 3 nitrogen and oxygen atoms in total. The maximum atomic E-state index is 5.34. The fraction of sp³-hybridized carbons (Fsp3) is 0.154. The Balaban J connectivity index is 1.68. The first-order valence-electron chi connectivity index (χ1n) is 5.63. The molecule has 3 heterocycles. The Labute approximate surface area is 117 Å². The normalized spacial score (nSPS) is 10.9. The van der Waals surface area contributed by atoms with Gasteiger partial charge in [-0.2, -0.15) is 0 Å². The molecule has 0 unspecified atom stereocenters. The fourth-order valence-corrected chi connectivity index (χ4v) is 3.31. The number of nitrogens with one attached hydrogen (secondary N) is 1. The molecule has 1 N–H and O–H groups in total. The van der Waals surface area contributed by atoms with Gasteiger partial charge in [-0.1, -0.05) is 0 Å². The number of rotatable bonds is 4. The smallest absolute Gasteiger partial charge is 0.139 e. The number of fused-ring (bicyclic) bond motifs is 1. The third kappa shape index (κ3) is 2.42. The van der Waals surface area contributed by atoms with Crippen LogP contribution in [0.3, 0.4) is 0 Å². The molecular formula is C13H11BrN2OS. The number of halogens is 1. The Morgan fingerprint density at radius 3 is 3.06 bits per heavy atom. The molecule has 0 spiro atoms. The zero-order valence-corrected chi connectivity index (χ0v) is 11.9. The summed E-state index contributed by atoms with van der Waals surface area (Å²) in [6.07, 6.45) is 4.44. The number of hydrogen-bond acceptors (Lipinski definition) is 4. The second-order valence-electron chi connectivity index (χ2n) is 3.87. The highest BCUT2D eigenvalue weighted by atomic mass is 79.9. The third-order valence-electron chi connectivity index (χ3n) is 2.67. The van der Waals surface area contributed by atoms with Gasteiger partial charge in [-0.15, -0.1) is 11.3 Å². The Bertz CT molecular complexity index is 662. The Hall–Kier alpha value is -1.33. The number of hydrogen-bond donors (Lipinski definition) is 1. The topological polar surface area (TPSA) is 38.1 Å². The van der Waals surface area contributed by atoms with E-state index in [4.69, 9.17) is 4.42 Å². The van der Waals surface area contributed by atoms with Crippen molar-refractivity contribution in [2.24, 2.45) is 0 Å². The van der Waals surface area contributed by atoms with Crippen LogP contribution in [0.15, 0.2) is 44.9 Å². The van der Waals surface area contributed by atoms with E-state index in [-0.39, 0.29) is 0 Å². The van der Waals surface area contributed by atoms with Crippen LogP contribution in [0.5, 0.6) is 0 Å². The monoisotopic (exact) mass is 322 g/mol. The van der Waals surface area contributed by atoms with Crippen molar-refractivity contribution in [2.45, 2.75) is 6.42 Å². The van der Waals surface area contributed by atoms with E-state index in [1.807, 2.05) is 12.1 Å². The number of aromatic nitrogens is 1. The summed E-state index contributed by atoms with van der Waals surface area (Å²) < 4.78 is 6.52. The van der Waals surface area contributed by atoms with E-state index in [0.29, 0.717) is 0 Å². The lowest BCUT2D eigenvalue weighted by atomic mass is 10.3. The average molecular weight is 323 g/mol. The molecule has 0 saturated heterocycles. The van der Waals surface area contributed by atoms with Gasteiger partial charge in [-0.05, 0) is 46.6 Å². The Morgan fingerprint density at radius 1 is 1.28 bits per heavy atom. The maximum Gasteiger partial charge on any atom is 0.139 e. The van der Waals surface area contributed by atoms with Crippen LogP contribution < -0.4 is 5.32 Å². The van der Waals surface area contributed by atoms with Crippen molar-refractivity contribution in [1.82, 2.24) is 4.98 Å². The second kappa shape index (κ2) is 5.12. The van der Waals surface area contributed by atoms with Gasteiger partial charge in [0.25, 0.3) is 0 Å². The molecule has 3 rings (SSSR count). The molecule has 0 aromatic carbocycles. The van der Waals surface area contributed by atoms with Crippen LogP contribution in [0.1, 0.15) is 4.88 Å². The van der Waals surface area contributed by atoms with Crippen molar-refractivity contribution in [3.8, 4) is 0 Å². The van der Waals surface area contributed by atoms with Gasteiger partial charge in [-0.3, -0.25) is 0 Å². The lowest BCUT2D eigenvalue weighted by molar-refractivity contribution is 0.615. The molecule has 0 aliphatic carbocycles. The minimum atomic E-state index is 0.865. The van der Waals surface area contributed by atoms with Crippen molar-refractivity contribution in [1.29, 1.82) is 0 Å². The van der Waals surface area contributed by atoms with Gasteiger partial charge in [-0.25, -0.2) is 4.98 Å². The first-order valence-corrected chi connectivity index (χ1v) is 7.24. The summed E-state index contributed by atoms with van der Waals surface area (Å²) in [5.74, 6) is 0.886. The lowest BCUT2D eigenvalue weighted by Crippen LogP contribution is -2.05. The molecule has 0 radical (unpaired) electrons. The highest BCUT2D eigenvalue weighted by Crippen LogP contribution is 2.24. The van der Waals surface area contributed by atoms with Gasteiger partial charge in [0, 0.05) is 17.6 Å². The summed E-state index contributed by atoms with van der Waals surface area (Å²) >= 11 is 5.24. The molecule has 0 bridgehead atoms. The van der Waals surface area contributed by atoms with Crippen molar-refractivity contribution < 1.29 is 4.42 Å². The summed E-state index contributed by atoms with van der Waals surface area (Å²) in [5.41, 5.74) is 0.867. The van der Waals surface area contributed by atoms with Crippen LogP contribution in [0.4, 0.5) is 5.82 Å². The van der Waals surface area contributed by atoms with Crippen molar-refractivity contribution in [2.75, 3.05) is 11.9 Å². The van der Waals surface area contributed by atoms with Gasteiger partial charge in [0.1, 0.15) is 11.4 Å². The Morgan fingerprint density at radius 2 is 2.22 bits per heavy atom. The van der Waals surface area contributed by atoms with Gasteiger partial charge < -0.3 is 9.73 Å². The highest BCUT2D eigenvalue weighted by molar-refractivity contribution is 9.11. The van der Waals surface area contributed by atoms with Crippen molar-refractivity contribution in [3.05, 3.63) is 45.4 Å². The van der Waals surface area contributed by atoms with Gasteiger partial charge >= 0.3 is 0 Å². The predicted molar refractivity (Wildman–Crippen MR) is 78.2 cm³/mol.